The maximum atomic E-state index is 13.6. The van der Waals surface area contributed by atoms with Crippen molar-refractivity contribution in [1.29, 1.82) is 0 Å². The van der Waals surface area contributed by atoms with Crippen LogP contribution >= 0.6 is 0 Å². The summed E-state index contributed by atoms with van der Waals surface area (Å²) in [6, 6.07) is 15.1. The summed E-state index contributed by atoms with van der Waals surface area (Å²) < 4.78 is 12.7. The number of anilines is 1. The number of hydrogen-bond donors (Lipinski definition) is 3. The van der Waals surface area contributed by atoms with E-state index < -0.39 is 29.4 Å². The Kier molecular flexibility index (Phi) is 9.74. The first-order chi connectivity index (χ1) is 19.7. The molecule has 1 fully saturated rings. The van der Waals surface area contributed by atoms with Crippen LogP contribution in [-0.2, 0) is 25.7 Å². The lowest BCUT2D eigenvalue weighted by Crippen LogP contribution is -2.56. The molecule has 11 heteroatoms. The summed E-state index contributed by atoms with van der Waals surface area (Å²) in [5.41, 5.74) is 6.45. The molecule has 2 unspecified atom stereocenters. The van der Waals surface area contributed by atoms with E-state index in [1.807, 2.05) is 47.4 Å². The summed E-state index contributed by atoms with van der Waals surface area (Å²) in [4.78, 5) is 45.7. The molecule has 1 aliphatic heterocycles. The van der Waals surface area contributed by atoms with Gasteiger partial charge in [0.25, 0.3) is 5.91 Å². The average molecular weight is 563 g/mol. The van der Waals surface area contributed by atoms with Crippen LogP contribution in [0.15, 0.2) is 67.1 Å². The van der Waals surface area contributed by atoms with Crippen LogP contribution in [0.4, 0.5) is 5.82 Å². The Labute approximate surface area is 240 Å². The number of ether oxygens (including phenoxy) is 2. The van der Waals surface area contributed by atoms with E-state index in [-0.39, 0.29) is 24.9 Å². The number of nitrogens with zero attached hydrogens (tertiary/aromatic N) is 3. The van der Waals surface area contributed by atoms with Gasteiger partial charge in [0.2, 0.25) is 11.8 Å². The number of carbonyl (C=O) groups is 3. The summed E-state index contributed by atoms with van der Waals surface area (Å²) in [5.74, 6) is -0.150. The van der Waals surface area contributed by atoms with Crippen molar-refractivity contribution >= 4 is 23.5 Å². The van der Waals surface area contributed by atoms with E-state index in [4.69, 9.17) is 15.2 Å². The monoisotopic (exact) mass is 562 g/mol. The van der Waals surface area contributed by atoms with Gasteiger partial charge in [-0.05, 0) is 49.9 Å². The highest BCUT2D eigenvalue weighted by Crippen LogP contribution is 2.26. The normalized spacial score (nSPS) is 14.8. The Bertz CT molecular complexity index is 1310. The largest absolute Gasteiger partial charge is 0.497 e. The highest BCUT2D eigenvalue weighted by molar-refractivity contribution is 5.98. The molecule has 11 nitrogen and oxygen atoms in total. The predicted octanol–water partition coefficient (Wildman–Crippen LogP) is 2.48. The molecule has 0 radical (unpaired) electrons. The molecular weight excluding hydrogens is 524 g/mol. The maximum absolute atomic E-state index is 13.6. The van der Waals surface area contributed by atoms with Crippen molar-refractivity contribution in [1.82, 2.24) is 19.8 Å². The van der Waals surface area contributed by atoms with Gasteiger partial charge >= 0.3 is 0 Å². The number of methoxy groups -OCH3 is 1. The summed E-state index contributed by atoms with van der Waals surface area (Å²) in [6.45, 7) is 4.70. The Hall–Kier alpha value is -4.22. The van der Waals surface area contributed by atoms with Crippen molar-refractivity contribution in [3.05, 3.63) is 78.2 Å². The number of likely N-dealkylation sites (tertiary alicyclic amines) is 1. The Morgan fingerprint density at radius 3 is 2.37 bits per heavy atom. The summed E-state index contributed by atoms with van der Waals surface area (Å²) >= 11 is 0. The molecule has 3 amide bonds. The molecule has 0 saturated carbocycles. The van der Waals surface area contributed by atoms with Gasteiger partial charge in [-0.1, -0.05) is 42.5 Å². The zero-order valence-corrected chi connectivity index (χ0v) is 23.7. The lowest BCUT2D eigenvalue weighted by molar-refractivity contribution is -0.132. The predicted molar refractivity (Wildman–Crippen MR) is 154 cm³/mol. The van der Waals surface area contributed by atoms with Crippen LogP contribution < -0.4 is 21.1 Å². The molecule has 218 valence electrons. The standard InChI is InChI=1S/C30H38N6O5/c1-30(2,31)29(39)33-24(19-41-18-21-9-5-4-6-10-21)27(37)34-25-17-36(20-32-25)26(28(38)35-15-7-8-16-35)22-11-13-23(40-3)14-12-22/h4-6,9-14,17,20,24,26H,7-8,15-16,18-19,31H2,1-3H3,(H,33,39)(H,34,37). The van der Waals surface area contributed by atoms with Crippen LogP contribution in [0.25, 0.3) is 0 Å². The highest BCUT2D eigenvalue weighted by Gasteiger charge is 2.31. The van der Waals surface area contributed by atoms with Crippen LogP contribution in [-0.4, -0.2) is 70.6 Å². The van der Waals surface area contributed by atoms with Crippen LogP contribution in [0.2, 0.25) is 0 Å². The minimum Gasteiger partial charge on any atom is -0.497 e. The van der Waals surface area contributed by atoms with Crippen LogP contribution in [0.1, 0.15) is 43.9 Å². The second-order valence-electron chi connectivity index (χ2n) is 10.7. The van der Waals surface area contributed by atoms with E-state index in [0.29, 0.717) is 18.8 Å². The van der Waals surface area contributed by atoms with Crippen LogP contribution in [0.3, 0.4) is 0 Å². The van der Waals surface area contributed by atoms with Gasteiger partial charge in [-0.15, -0.1) is 0 Å². The Morgan fingerprint density at radius 1 is 1.05 bits per heavy atom. The first-order valence-electron chi connectivity index (χ1n) is 13.6. The molecular formula is C30H38N6O5. The van der Waals surface area contributed by atoms with Crippen LogP contribution in [0, 0.1) is 0 Å². The van der Waals surface area contributed by atoms with Gasteiger partial charge in [0.05, 0.1) is 32.2 Å². The minimum absolute atomic E-state index is 0.0485. The number of nitrogens with two attached hydrogens (primary N) is 1. The number of nitrogens with one attached hydrogen (secondary N) is 2. The topological polar surface area (TPSA) is 141 Å². The fourth-order valence-corrected chi connectivity index (χ4v) is 4.49. The molecule has 0 spiro atoms. The Balaban J connectivity index is 1.51. The number of amides is 3. The van der Waals surface area contributed by atoms with E-state index >= 15 is 0 Å². The summed E-state index contributed by atoms with van der Waals surface area (Å²) in [7, 11) is 1.59. The Morgan fingerprint density at radius 2 is 1.73 bits per heavy atom. The average Bonchev–Trinajstić information content (AvgIpc) is 3.66. The van der Waals surface area contributed by atoms with Crippen molar-refractivity contribution in [2.45, 2.75) is 50.9 Å². The maximum Gasteiger partial charge on any atom is 0.250 e. The summed E-state index contributed by atoms with van der Waals surface area (Å²) in [6.07, 6.45) is 5.05. The summed E-state index contributed by atoms with van der Waals surface area (Å²) in [5, 5.41) is 5.43. The van der Waals surface area contributed by atoms with Gasteiger partial charge in [0.1, 0.15) is 17.8 Å². The van der Waals surface area contributed by atoms with E-state index in [1.165, 1.54) is 6.33 Å². The molecule has 2 atom stereocenters. The molecule has 2 aromatic carbocycles. The number of benzene rings is 2. The van der Waals surface area contributed by atoms with E-state index in [1.54, 1.807) is 43.9 Å². The molecule has 1 saturated heterocycles. The molecule has 4 N–H and O–H groups in total. The van der Waals surface area contributed by atoms with Crippen molar-refractivity contribution in [2.75, 3.05) is 32.1 Å². The van der Waals surface area contributed by atoms with Gasteiger partial charge in [-0.2, -0.15) is 0 Å². The zero-order valence-electron chi connectivity index (χ0n) is 23.7. The quantitative estimate of drug-likeness (QED) is 0.308. The highest BCUT2D eigenvalue weighted by atomic mass is 16.5. The number of hydrogen-bond acceptors (Lipinski definition) is 7. The van der Waals surface area contributed by atoms with Crippen molar-refractivity contribution < 1.29 is 23.9 Å². The molecule has 1 aromatic heterocycles. The molecule has 0 aliphatic carbocycles. The van der Waals surface area contributed by atoms with Gasteiger partial charge in [-0.3, -0.25) is 14.4 Å². The van der Waals surface area contributed by atoms with Gasteiger partial charge < -0.3 is 35.3 Å². The first-order valence-corrected chi connectivity index (χ1v) is 13.6. The molecule has 1 aliphatic rings. The van der Waals surface area contributed by atoms with Crippen molar-refractivity contribution in [2.24, 2.45) is 5.73 Å². The fraction of sp³-hybridized carbons (Fsp3) is 0.400. The number of carbonyl (C=O) groups excluding carboxylic acids is 3. The van der Waals surface area contributed by atoms with E-state index in [9.17, 15) is 14.4 Å². The smallest absolute Gasteiger partial charge is 0.250 e. The molecule has 3 aromatic rings. The van der Waals surface area contributed by atoms with Gasteiger partial charge in [0, 0.05) is 19.3 Å². The second-order valence-corrected chi connectivity index (χ2v) is 10.7. The number of aromatic nitrogens is 2. The van der Waals surface area contributed by atoms with Crippen molar-refractivity contribution in [3.63, 3.8) is 0 Å². The minimum atomic E-state index is -1.19. The van der Waals surface area contributed by atoms with E-state index in [0.717, 1.165) is 24.0 Å². The fourth-order valence-electron chi connectivity index (χ4n) is 4.49. The molecule has 2 heterocycles. The molecule has 4 rings (SSSR count). The second kappa shape index (κ2) is 13.4. The van der Waals surface area contributed by atoms with Crippen molar-refractivity contribution in [3.8, 4) is 5.75 Å². The lowest BCUT2D eigenvalue weighted by Gasteiger charge is -2.24. The zero-order chi connectivity index (χ0) is 29.4. The number of imidazole rings is 1. The third-order valence-corrected chi connectivity index (χ3v) is 6.84. The number of rotatable bonds is 12. The molecule has 0 bridgehead atoms. The van der Waals surface area contributed by atoms with E-state index in [2.05, 4.69) is 15.6 Å². The third-order valence-electron chi connectivity index (χ3n) is 6.84. The SMILES string of the molecule is COc1ccc(C(C(=O)N2CCCC2)n2cnc(NC(=O)C(COCc3ccccc3)NC(=O)C(C)(C)N)c2)cc1. The molecule has 41 heavy (non-hydrogen) atoms. The third kappa shape index (κ3) is 7.92. The van der Waals surface area contributed by atoms with Gasteiger partial charge in [0.15, 0.2) is 5.82 Å². The lowest BCUT2D eigenvalue weighted by atomic mass is 10.1. The van der Waals surface area contributed by atoms with Gasteiger partial charge in [-0.25, -0.2) is 4.98 Å². The van der Waals surface area contributed by atoms with Crippen LogP contribution in [0.5, 0.6) is 5.75 Å². The first kappa shape index (κ1) is 29.8.